The summed E-state index contributed by atoms with van der Waals surface area (Å²) in [6, 6.07) is 4.11. The SMILES string of the molecule is COc1ccc(C(=O)O)cc1OC(C)C(N)=O. The second-order valence-corrected chi connectivity index (χ2v) is 3.33. The first-order chi connectivity index (χ1) is 7.95. The first-order valence-corrected chi connectivity index (χ1v) is 4.83. The van der Waals surface area contributed by atoms with Crippen LogP contribution in [0.2, 0.25) is 0 Å². The molecular formula is C11H13NO5. The van der Waals surface area contributed by atoms with E-state index in [1.54, 1.807) is 0 Å². The minimum absolute atomic E-state index is 0.0393. The van der Waals surface area contributed by atoms with Crippen LogP contribution < -0.4 is 15.2 Å². The summed E-state index contributed by atoms with van der Waals surface area (Å²) in [4.78, 5) is 21.6. The summed E-state index contributed by atoms with van der Waals surface area (Å²) in [5.74, 6) is -1.24. The van der Waals surface area contributed by atoms with Gasteiger partial charge < -0.3 is 20.3 Å². The van der Waals surface area contributed by atoms with E-state index in [0.29, 0.717) is 5.75 Å². The van der Waals surface area contributed by atoms with Crippen molar-refractivity contribution in [1.29, 1.82) is 0 Å². The lowest BCUT2D eigenvalue weighted by Crippen LogP contribution is -2.30. The van der Waals surface area contributed by atoms with Gasteiger partial charge in [0.1, 0.15) is 0 Å². The molecule has 1 amide bonds. The highest BCUT2D eigenvalue weighted by Gasteiger charge is 2.15. The second kappa shape index (κ2) is 5.20. The van der Waals surface area contributed by atoms with E-state index >= 15 is 0 Å². The predicted octanol–water partition coefficient (Wildman–Crippen LogP) is 0.646. The largest absolute Gasteiger partial charge is 0.493 e. The summed E-state index contributed by atoms with van der Waals surface area (Å²) in [6.07, 6.45) is -0.868. The Labute approximate surface area is 97.9 Å². The first kappa shape index (κ1) is 12.8. The molecule has 0 saturated heterocycles. The van der Waals surface area contributed by atoms with Crippen molar-refractivity contribution in [2.24, 2.45) is 5.73 Å². The molecule has 0 heterocycles. The van der Waals surface area contributed by atoms with Crippen LogP contribution >= 0.6 is 0 Å². The van der Waals surface area contributed by atoms with Gasteiger partial charge in [0.15, 0.2) is 17.6 Å². The predicted molar refractivity (Wildman–Crippen MR) is 59.2 cm³/mol. The summed E-state index contributed by atoms with van der Waals surface area (Å²) in [6.45, 7) is 1.47. The zero-order valence-electron chi connectivity index (χ0n) is 9.47. The van der Waals surface area contributed by atoms with E-state index in [0.717, 1.165) is 0 Å². The van der Waals surface area contributed by atoms with Crippen LogP contribution in [0.25, 0.3) is 0 Å². The molecule has 0 radical (unpaired) electrons. The molecule has 1 rings (SSSR count). The molecule has 0 aliphatic carbocycles. The number of hydrogen-bond donors (Lipinski definition) is 2. The van der Waals surface area contributed by atoms with Gasteiger partial charge in [-0.25, -0.2) is 4.79 Å². The smallest absolute Gasteiger partial charge is 0.335 e. The molecule has 1 atom stereocenters. The van der Waals surface area contributed by atoms with E-state index in [-0.39, 0.29) is 11.3 Å². The fraction of sp³-hybridized carbons (Fsp3) is 0.273. The summed E-state index contributed by atoms with van der Waals surface area (Å²) >= 11 is 0. The van der Waals surface area contributed by atoms with Crippen molar-refractivity contribution in [1.82, 2.24) is 0 Å². The Morgan fingerprint density at radius 3 is 2.47 bits per heavy atom. The van der Waals surface area contributed by atoms with Crippen molar-refractivity contribution in [3.05, 3.63) is 23.8 Å². The molecule has 0 spiro atoms. The molecule has 92 valence electrons. The number of benzene rings is 1. The van der Waals surface area contributed by atoms with Gasteiger partial charge in [-0.05, 0) is 25.1 Å². The number of carboxylic acids is 1. The van der Waals surface area contributed by atoms with Gasteiger partial charge in [0, 0.05) is 0 Å². The molecule has 0 saturated carbocycles. The van der Waals surface area contributed by atoms with Crippen LogP contribution in [0.5, 0.6) is 11.5 Å². The number of amides is 1. The lowest BCUT2D eigenvalue weighted by Gasteiger charge is -2.14. The molecule has 0 aliphatic rings. The van der Waals surface area contributed by atoms with Crippen molar-refractivity contribution < 1.29 is 24.2 Å². The van der Waals surface area contributed by atoms with Crippen molar-refractivity contribution in [3.63, 3.8) is 0 Å². The Bertz CT molecular complexity index is 443. The van der Waals surface area contributed by atoms with Gasteiger partial charge in [0.25, 0.3) is 5.91 Å². The lowest BCUT2D eigenvalue weighted by molar-refractivity contribution is -0.124. The molecule has 1 unspecified atom stereocenters. The molecule has 1 aromatic rings. The topological polar surface area (TPSA) is 98.8 Å². The number of aromatic carboxylic acids is 1. The minimum atomic E-state index is -1.09. The third kappa shape index (κ3) is 3.10. The summed E-state index contributed by atoms with van der Waals surface area (Å²) in [5.41, 5.74) is 5.09. The number of methoxy groups -OCH3 is 1. The van der Waals surface area contributed by atoms with E-state index in [2.05, 4.69) is 0 Å². The quantitative estimate of drug-likeness (QED) is 0.785. The van der Waals surface area contributed by atoms with Crippen LogP contribution in [0.1, 0.15) is 17.3 Å². The Balaban J connectivity index is 3.06. The van der Waals surface area contributed by atoms with Gasteiger partial charge in [-0.3, -0.25) is 4.79 Å². The Kier molecular flexibility index (Phi) is 3.92. The Morgan fingerprint density at radius 1 is 1.35 bits per heavy atom. The Morgan fingerprint density at radius 2 is 2.00 bits per heavy atom. The number of carbonyl (C=O) groups excluding carboxylic acids is 1. The van der Waals surface area contributed by atoms with Crippen LogP contribution in [0.15, 0.2) is 18.2 Å². The maximum Gasteiger partial charge on any atom is 0.335 e. The Hall–Kier alpha value is -2.24. The van der Waals surface area contributed by atoms with Crippen LogP contribution in [0, 0.1) is 0 Å². The van der Waals surface area contributed by atoms with E-state index in [1.807, 2.05) is 0 Å². The van der Waals surface area contributed by atoms with Crippen molar-refractivity contribution >= 4 is 11.9 Å². The van der Waals surface area contributed by atoms with Crippen molar-refractivity contribution in [3.8, 4) is 11.5 Å². The fourth-order valence-corrected chi connectivity index (χ4v) is 1.15. The number of hydrogen-bond acceptors (Lipinski definition) is 4. The number of rotatable bonds is 5. The molecule has 1 aromatic carbocycles. The number of ether oxygens (including phenoxy) is 2. The van der Waals surface area contributed by atoms with Crippen LogP contribution in [0.4, 0.5) is 0 Å². The average Bonchev–Trinajstić information content (AvgIpc) is 2.28. The fourth-order valence-electron chi connectivity index (χ4n) is 1.15. The third-order valence-corrected chi connectivity index (χ3v) is 2.11. The molecule has 6 nitrogen and oxygen atoms in total. The highest BCUT2D eigenvalue weighted by Crippen LogP contribution is 2.28. The van der Waals surface area contributed by atoms with Crippen LogP contribution in [-0.4, -0.2) is 30.2 Å². The molecular weight excluding hydrogens is 226 g/mol. The monoisotopic (exact) mass is 239 g/mol. The summed E-state index contributed by atoms with van der Waals surface area (Å²) in [7, 11) is 1.41. The maximum atomic E-state index is 10.9. The average molecular weight is 239 g/mol. The van der Waals surface area contributed by atoms with Gasteiger partial charge in [-0.15, -0.1) is 0 Å². The number of primary amides is 1. The third-order valence-electron chi connectivity index (χ3n) is 2.11. The van der Waals surface area contributed by atoms with Gasteiger partial charge in [-0.1, -0.05) is 0 Å². The molecule has 0 fully saturated rings. The summed E-state index contributed by atoms with van der Waals surface area (Å²) in [5, 5.41) is 8.83. The number of carboxylic acid groups (broad SMARTS) is 1. The molecule has 6 heteroatoms. The zero-order valence-corrected chi connectivity index (χ0v) is 9.47. The van der Waals surface area contributed by atoms with Gasteiger partial charge in [0.2, 0.25) is 0 Å². The lowest BCUT2D eigenvalue weighted by atomic mass is 10.2. The van der Waals surface area contributed by atoms with E-state index in [9.17, 15) is 9.59 Å². The second-order valence-electron chi connectivity index (χ2n) is 3.33. The molecule has 0 aliphatic heterocycles. The van der Waals surface area contributed by atoms with Crippen molar-refractivity contribution in [2.45, 2.75) is 13.0 Å². The van der Waals surface area contributed by atoms with Gasteiger partial charge in [-0.2, -0.15) is 0 Å². The van der Waals surface area contributed by atoms with E-state index < -0.39 is 18.0 Å². The zero-order chi connectivity index (χ0) is 13.0. The molecule has 3 N–H and O–H groups in total. The van der Waals surface area contributed by atoms with E-state index in [1.165, 1.54) is 32.2 Å². The highest BCUT2D eigenvalue weighted by atomic mass is 16.5. The number of carbonyl (C=O) groups is 2. The van der Waals surface area contributed by atoms with Gasteiger partial charge >= 0.3 is 5.97 Å². The maximum absolute atomic E-state index is 10.9. The van der Waals surface area contributed by atoms with E-state index in [4.69, 9.17) is 20.3 Å². The first-order valence-electron chi connectivity index (χ1n) is 4.83. The normalized spacial score (nSPS) is 11.6. The molecule has 0 aromatic heterocycles. The number of nitrogens with two attached hydrogens (primary N) is 1. The molecule has 17 heavy (non-hydrogen) atoms. The van der Waals surface area contributed by atoms with Crippen LogP contribution in [-0.2, 0) is 4.79 Å². The molecule has 0 bridgehead atoms. The minimum Gasteiger partial charge on any atom is -0.493 e. The summed E-state index contributed by atoms with van der Waals surface area (Å²) < 4.78 is 10.2. The highest BCUT2D eigenvalue weighted by molar-refractivity contribution is 5.88. The van der Waals surface area contributed by atoms with Crippen molar-refractivity contribution in [2.75, 3.05) is 7.11 Å². The van der Waals surface area contributed by atoms with Gasteiger partial charge in [0.05, 0.1) is 12.7 Å². The van der Waals surface area contributed by atoms with Crippen LogP contribution in [0.3, 0.4) is 0 Å². The standard InChI is InChI=1S/C11H13NO5/c1-6(10(12)13)17-9-5-7(11(14)15)3-4-8(9)16-2/h3-6H,1-2H3,(H2,12,13)(H,14,15).